The Kier molecular flexibility index (Phi) is 3.44. The highest BCUT2D eigenvalue weighted by Gasteiger charge is 2.25. The Labute approximate surface area is 118 Å². The van der Waals surface area contributed by atoms with Crippen molar-refractivity contribution in [3.63, 3.8) is 0 Å². The summed E-state index contributed by atoms with van der Waals surface area (Å²) >= 11 is 0. The van der Waals surface area contributed by atoms with Crippen LogP contribution in [0.5, 0.6) is 0 Å². The second-order valence-electron chi connectivity index (χ2n) is 5.49. The number of rotatable bonds is 2. The maximum absolute atomic E-state index is 12.2. The molecule has 20 heavy (non-hydrogen) atoms. The molecule has 0 aliphatic carbocycles. The molecule has 0 aromatic heterocycles. The van der Waals surface area contributed by atoms with E-state index in [1.165, 1.54) is 0 Å². The molecule has 106 valence electrons. The molecule has 0 unspecified atom stereocenters. The molecule has 0 saturated carbocycles. The van der Waals surface area contributed by atoms with Crippen molar-refractivity contribution in [2.24, 2.45) is 5.92 Å². The Morgan fingerprint density at radius 2 is 2.10 bits per heavy atom. The molecule has 2 N–H and O–H groups in total. The number of benzene rings is 1. The van der Waals surface area contributed by atoms with Crippen molar-refractivity contribution >= 4 is 23.2 Å². The molecule has 1 aromatic rings. The van der Waals surface area contributed by atoms with Gasteiger partial charge in [-0.05, 0) is 49.7 Å². The van der Waals surface area contributed by atoms with Gasteiger partial charge in [0, 0.05) is 24.3 Å². The predicted octanol–water partition coefficient (Wildman–Crippen LogP) is 1.14. The third kappa shape index (κ3) is 2.41. The van der Waals surface area contributed by atoms with E-state index in [0.29, 0.717) is 6.42 Å². The summed E-state index contributed by atoms with van der Waals surface area (Å²) in [5.41, 5.74) is 2.71. The minimum atomic E-state index is 0.0872. The number of hydrogen-bond donors (Lipinski definition) is 2. The summed E-state index contributed by atoms with van der Waals surface area (Å²) in [6.45, 7) is 1.81. The van der Waals surface area contributed by atoms with Crippen LogP contribution in [-0.4, -0.2) is 32.0 Å². The zero-order valence-corrected chi connectivity index (χ0v) is 11.6. The minimum Gasteiger partial charge on any atom is -0.326 e. The van der Waals surface area contributed by atoms with Crippen molar-refractivity contribution in [3.05, 3.63) is 23.8 Å². The van der Waals surface area contributed by atoms with Crippen LogP contribution in [0.3, 0.4) is 0 Å². The molecule has 2 heterocycles. The molecule has 1 aromatic carbocycles. The van der Waals surface area contributed by atoms with Gasteiger partial charge < -0.3 is 15.5 Å². The van der Waals surface area contributed by atoms with E-state index >= 15 is 0 Å². The minimum absolute atomic E-state index is 0.0872. The highest BCUT2D eigenvalue weighted by atomic mass is 16.2. The number of carbonyl (C=O) groups excluding carboxylic acids is 2. The summed E-state index contributed by atoms with van der Waals surface area (Å²) in [5, 5.41) is 6.23. The van der Waals surface area contributed by atoms with Crippen molar-refractivity contribution in [2.75, 3.05) is 30.4 Å². The third-order valence-electron chi connectivity index (χ3n) is 4.13. The van der Waals surface area contributed by atoms with Crippen LogP contribution < -0.4 is 15.5 Å². The predicted molar refractivity (Wildman–Crippen MR) is 77.8 cm³/mol. The number of fused-ring (bicyclic) bond motifs is 1. The van der Waals surface area contributed by atoms with E-state index in [0.717, 1.165) is 42.9 Å². The second-order valence-corrected chi connectivity index (χ2v) is 5.49. The van der Waals surface area contributed by atoms with Crippen molar-refractivity contribution in [3.8, 4) is 0 Å². The fraction of sp³-hybridized carbons (Fsp3) is 0.467. The largest absolute Gasteiger partial charge is 0.326 e. The van der Waals surface area contributed by atoms with Crippen molar-refractivity contribution in [2.45, 2.75) is 19.3 Å². The van der Waals surface area contributed by atoms with Crippen LogP contribution in [0.1, 0.15) is 18.4 Å². The molecular weight excluding hydrogens is 254 g/mol. The first-order chi connectivity index (χ1) is 9.65. The maximum atomic E-state index is 12.2. The van der Waals surface area contributed by atoms with Gasteiger partial charge in [-0.15, -0.1) is 0 Å². The molecule has 0 spiro atoms. The van der Waals surface area contributed by atoms with Gasteiger partial charge >= 0.3 is 0 Å². The van der Waals surface area contributed by atoms with Crippen LogP contribution in [0.25, 0.3) is 0 Å². The Morgan fingerprint density at radius 3 is 2.85 bits per heavy atom. The van der Waals surface area contributed by atoms with E-state index in [4.69, 9.17) is 0 Å². The average molecular weight is 273 g/mol. The zero-order chi connectivity index (χ0) is 14.1. The molecule has 5 nitrogen and oxygen atoms in total. The van der Waals surface area contributed by atoms with Crippen LogP contribution in [0.15, 0.2) is 18.2 Å². The second kappa shape index (κ2) is 5.25. The molecule has 2 aliphatic rings. The molecule has 2 aliphatic heterocycles. The van der Waals surface area contributed by atoms with Crippen molar-refractivity contribution in [1.29, 1.82) is 0 Å². The van der Waals surface area contributed by atoms with E-state index < -0.39 is 0 Å². The molecule has 0 radical (unpaired) electrons. The lowest BCUT2D eigenvalue weighted by atomic mass is 9.97. The fourth-order valence-electron chi connectivity index (χ4n) is 2.88. The topological polar surface area (TPSA) is 61.4 Å². The number of piperidine rings is 1. The van der Waals surface area contributed by atoms with Gasteiger partial charge in [0.1, 0.15) is 0 Å². The number of hydrogen-bond acceptors (Lipinski definition) is 3. The molecule has 0 bridgehead atoms. The van der Waals surface area contributed by atoms with Crippen molar-refractivity contribution in [1.82, 2.24) is 5.32 Å². The van der Waals surface area contributed by atoms with Crippen LogP contribution in [0.4, 0.5) is 11.4 Å². The molecule has 2 amide bonds. The summed E-state index contributed by atoms with van der Waals surface area (Å²) in [6.07, 6.45) is 2.19. The third-order valence-corrected chi connectivity index (χ3v) is 4.13. The Morgan fingerprint density at radius 1 is 1.35 bits per heavy atom. The Hall–Kier alpha value is -1.88. The quantitative estimate of drug-likeness (QED) is 0.849. The lowest BCUT2D eigenvalue weighted by Gasteiger charge is -2.22. The summed E-state index contributed by atoms with van der Waals surface area (Å²) in [4.78, 5) is 25.5. The van der Waals surface area contributed by atoms with Gasteiger partial charge in [0.2, 0.25) is 11.8 Å². The number of carbonyl (C=O) groups is 2. The van der Waals surface area contributed by atoms with E-state index in [2.05, 4.69) is 10.6 Å². The molecule has 1 fully saturated rings. The average Bonchev–Trinajstić information content (AvgIpc) is 2.74. The molecule has 1 saturated heterocycles. The zero-order valence-electron chi connectivity index (χ0n) is 11.6. The summed E-state index contributed by atoms with van der Waals surface area (Å²) in [7, 11) is 1.78. The van der Waals surface area contributed by atoms with Crippen LogP contribution >= 0.6 is 0 Å². The lowest BCUT2D eigenvalue weighted by molar-refractivity contribution is -0.120. The SMILES string of the molecule is CN1C(=O)Cc2cc(NC(=O)C3CCNCC3)ccc21. The number of nitrogens with zero attached hydrogens (tertiary/aromatic N) is 1. The highest BCUT2D eigenvalue weighted by molar-refractivity contribution is 6.02. The first-order valence-electron chi connectivity index (χ1n) is 7.06. The lowest BCUT2D eigenvalue weighted by Crippen LogP contribution is -2.34. The van der Waals surface area contributed by atoms with Crippen LogP contribution in [-0.2, 0) is 16.0 Å². The Balaban J connectivity index is 1.71. The number of amides is 2. The van der Waals surface area contributed by atoms with Gasteiger partial charge in [0.15, 0.2) is 0 Å². The summed E-state index contributed by atoms with van der Waals surface area (Å²) < 4.78 is 0. The van der Waals surface area contributed by atoms with E-state index in [9.17, 15) is 9.59 Å². The first-order valence-corrected chi connectivity index (χ1v) is 7.06. The van der Waals surface area contributed by atoms with Gasteiger partial charge in [0.25, 0.3) is 0 Å². The van der Waals surface area contributed by atoms with Crippen LogP contribution in [0.2, 0.25) is 0 Å². The normalized spacial score (nSPS) is 19.1. The van der Waals surface area contributed by atoms with Gasteiger partial charge in [-0.3, -0.25) is 9.59 Å². The van der Waals surface area contributed by atoms with Crippen LogP contribution in [0, 0.1) is 5.92 Å². The van der Waals surface area contributed by atoms with Gasteiger partial charge in [-0.2, -0.15) is 0 Å². The smallest absolute Gasteiger partial charge is 0.231 e. The molecule has 0 atom stereocenters. The Bertz CT molecular complexity index is 550. The van der Waals surface area contributed by atoms with Gasteiger partial charge in [-0.25, -0.2) is 0 Å². The number of likely N-dealkylation sites (N-methyl/N-ethyl adjacent to an activating group) is 1. The maximum Gasteiger partial charge on any atom is 0.231 e. The fourth-order valence-corrected chi connectivity index (χ4v) is 2.88. The molecule has 5 heteroatoms. The molecule has 3 rings (SSSR count). The van der Waals surface area contributed by atoms with E-state index in [1.54, 1.807) is 11.9 Å². The van der Waals surface area contributed by atoms with Gasteiger partial charge in [-0.1, -0.05) is 0 Å². The van der Waals surface area contributed by atoms with Crippen molar-refractivity contribution < 1.29 is 9.59 Å². The summed E-state index contributed by atoms with van der Waals surface area (Å²) in [6, 6.07) is 5.68. The number of nitrogens with one attached hydrogen (secondary N) is 2. The number of anilines is 2. The van der Waals surface area contributed by atoms with E-state index in [-0.39, 0.29) is 17.7 Å². The standard InChI is InChI=1S/C15H19N3O2/c1-18-13-3-2-12(8-11(13)9-14(18)19)17-15(20)10-4-6-16-7-5-10/h2-3,8,10,16H,4-7,9H2,1H3,(H,17,20). The van der Waals surface area contributed by atoms with Gasteiger partial charge in [0.05, 0.1) is 6.42 Å². The highest BCUT2D eigenvalue weighted by Crippen LogP contribution is 2.30. The molecular formula is C15H19N3O2. The first kappa shape index (κ1) is 13.1. The summed E-state index contributed by atoms with van der Waals surface area (Å²) in [5.74, 6) is 0.278. The van der Waals surface area contributed by atoms with E-state index in [1.807, 2.05) is 18.2 Å². The monoisotopic (exact) mass is 273 g/mol.